The molecule has 0 saturated heterocycles. The van der Waals surface area contributed by atoms with E-state index in [1.807, 2.05) is 18.2 Å². The van der Waals surface area contributed by atoms with Gasteiger partial charge in [-0.15, -0.1) is 11.8 Å². The number of rotatable bonds is 7. The molecule has 3 aromatic carbocycles. The Labute approximate surface area is 195 Å². The minimum Gasteiger partial charge on any atom is -0.495 e. The van der Waals surface area contributed by atoms with Gasteiger partial charge in [0.15, 0.2) is 0 Å². The van der Waals surface area contributed by atoms with Crippen molar-refractivity contribution in [3.63, 3.8) is 0 Å². The molecule has 0 heterocycles. The summed E-state index contributed by atoms with van der Waals surface area (Å²) >= 11 is 13.3. The molecule has 2 N–H and O–H groups in total. The van der Waals surface area contributed by atoms with Crippen LogP contribution in [0.15, 0.2) is 71.6 Å². The number of nitrogens with one attached hydrogen (secondary N) is 2. The van der Waals surface area contributed by atoms with Crippen LogP contribution in [-0.4, -0.2) is 24.2 Å². The fraction of sp³-hybridized carbons (Fsp3) is 0.130. The monoisotopic (exact) mass is 474 g/mol. The molecule has 5 nitrogen and oxygen atoms in total. The Balaban J connectivity index is 1.65. The molecule has 0 aliphatic heterocycles. The first-order valence-corrected chi connectivity index (χ1v) is 11.0. The summed E-state index contributed by atoms with van der Waals surface area (Å²) in [4.78, 5) is 25.9. The molecule has 0 fully saturated rings. The number of amides is 2. The van der Waals surface area contributed by atoms with Crippen LogP contribution < -0.4 is 15.4 Å². The van der Waals surface area contributed by atoms with E-state index in [0.29, 0.717) is 32.7 Å². The van der Waals surface area contributed by atoms with Crippen molar-refractivity contribution in [2.45, 2.75) is 17.1 Å². The van der Waals surface area contributed by atoms with Crippen LogP contribution in [0.25, 0.3) is 0 Å². The normalized spacial score (nSPS) is 11.5. The zero-order valence-electron chi connectivity index (χ0n) is 16.8. The van der Waals surface area contributed by atoms with Crippen LogP contribution in [0.5, 0.6) is 5.75 Å². The number of thioether (sulfide) groups is 1. The second-order valence-electron chi connectivity index (χ2n) is 6.59. The Hall–Kier alpha value is -2.67. The van der Waals surface area contributed by atoms with E-state index in [1.54, 1.807) is 55.5 Å². The summed E-state index contributed by atoms with van der Waals surface area (Å²) in [5, 5.41) is 6.28. The van der Waals surface area contributed by atoms with Crippen LogP contribution in [0.4, 0.5) is 11.4 Å². The minimum atomic E-state index is -0.400. The predicted octanol–water partition coefficient (Wildman–Crippen LogP) is 6.37. The van der Waals surface area contributed by atoms with Gasteiger partial charge in [-0.3, -0.25) is 9.59 Å². The lowest BCUT2D eigenvalue weighted by molar-refractivity contribution is -0.115. The lowest BCUT2D eigenvalue weighted by Gasteiger charge is -2.15. The molecule has 0 aliphatic rings. The number of carbonyl (C=O) groups excluding carboxylic acids is 2. The van der Waals surface area contributed by atoms with Crippen LogP contribution in [0.3, 0.4) is 0 Å². The van der Waals surface area contributed by atoms with E-state index in [2.05, 4.69) is 10.6 Å². The summed E-state index contributed by atoms with van der Waals surface area (Å²) in [7, 11) is 1.53. The highest BCUT2D eigenvalue weighted by Gasteiger charge is 2.17. The summed E-state index contributed by atoms with van der Waals surface area (Å²) in [5.41, 5.74) is 1.60. The number of ether oxygens (including phenoxy) is 1. The second kappa shape index (κ2) is 10.6. The van der Waals surface area contributed by atoms with Gasteiger partial charge < -0.3 is 15.4 Å². The van der Waals surface area contributed by atoms with Crippen LogP contribution in [0.2, 0.25) is 10.0 Å². The van der Waals surface area contributed by atoms with Crippen LogP contribution in [0.1, 0.15) is 17.3 Å². The Morgan fingerprint density at radius 3 is 2.42 bits per heavy atom. The Kier molecular flexibility index (Phi) is 7.85. The van der Waals surface area contributed by atoms with Gasteiger partial charge in [0.25, 0.3) is 5.91 Å². The zero-order valence-corrected chi connectivity index (χ0v) is 19.1. The SMILES string of the molecule is COc1ccc(Cl)cc1NC(=O)C(C)Sc1cccc(NC(=O)c2cccc(Cl)c2)c1. The van der Waals surface area contributed by atoms with Gasteiger partial charge in [0.1, 0.15) is 5.75 Å². The molecule has 160 valence electrons. The number of hydrogen-bond acceptors (Lipinski definition) is 4. The summed E-state index contributed by atoms with van der Waals surface area (Å²) in [6.45, 7) is 1.80. The Morgan fingerprint density at radius 2 is 1.68 bits per heavy atom. The van der Waals surface area contributed by atoms with Crippen LogP contribution in [0, 0.1) is 0 Å². The minimum absolute atomic E-state index is 0.195. The van der Waals surface area contributed by atoms with Crippen molar-refractivity contribution in [2.75, 3.05) is 17.7 Å². The van der Waals surface area contributed by atoms with Gasteiger partial charge in [0, 0.05) is 26.2 Å². The molecule has 0 bridgehead atoms. The molecule has 0 aromatic heterocycles. The van der Waals surface area contributed by atoms with Gasteiger partial charge in [-0.05, 0) is 61.5 Å². The molecule has 8 heteroatoms. The van der Waals surface area contributed by atoms with E-state index in [0.717, 1.165) is 4.90 Å². The molecule has 3 rings (SSSR count). The average molecular weight is 475 g/mol. The van der Waals surface area contributed by atoms with E-state index >= 15 is 0 Å². The maximum absolute atomic E-state index is 12.7. The van der Waals surface area contributed by atoms with Crippen LogP contribution in [-0.2, 0) is 4.79 Å². The number of anilines is 2. The van der Waals surface area contributed by atoms with Gasteiger partial charge in [0.05, 0.1) is 18.0 Å². The van der Waals surface area contributed by atoms with Crippen molar-refractivity contribution in [3.05, 3.63) is 82.3 Å². The molecule has 2 amide bonds. The van der Waals surface area contributed by atoms with E-state index in [1.165, 1.54) is 18.9 Å². The van der Waals surface area contributed by atoms with E-state index < -0.39 is 5.25 Å². The van der Waals surface area contributed by atoms with Crippen molar-refractivity contribution in [1.82, 2.24) is 0 Å². The molecule has 3 aromatic rings. The zero-order chi connectivity index (χ0) is 22.4. The summed E-state index contributed by atoms with van der Waals surface area (Å²) in [6.07, 6.45) is 0. The average Bonchev–Trinajstić information content (AvgIpc) is 2.74. The maximum atomic E-state index is 12.7. The number of benzene rings is 3. The molecule has 0 spiro atoms. The molecule has 1 unspecified atom stereocenters. The third-order valence-corrected chi connectivity index (χ3v) is 5.84. The van der Waals surface area contributed by atoms with E-state index in [-0.39, 0.29) is 11.8 Å². The van der Waals surface area contributed by atoms with Gasteiger partial charge in [-0.1, -0.05) is 35.3 Å². The predicted molar refractivity (Wildman–Crippen MR) is 128 cm³/mol. The summed E-state index contributed by atoms with van der Waals surface area (Å²) < 4.78 is 5.27. The topological polar surface area (TPSA) is 67.4 Å². The third-order valence-electron chi connectivity index (χ3n) is 4.28. The van der Waals surface area contributed by atoms with Gasteiger partial charge in [-0.25, -0.2) is 0 Å². The quantitative estimate of drug-likeness (QED) is 0.390. The maximum Gasteiger partial charge on any atom is 0.255 e. The highest BCUT2D eigenvalue weighted by Crippen LogP contribution is 2.30. The van der Waals surface area contributed by atoms with Crippen molar-refractivity contribution >= 4 is 58.2 Å². The summed E-state index contributed by atoms with van der Waals surface area (Å²) in [5.74, 6) is 0.0723. The number of methoxy groups -OCH3 is 1. The number of halogens is 2. The molecule has 1 atom stereocenters. The fourth-order valence-corrected chi connectivity index (χ4v) is 4.04. The summed E-state index contributed by atoms with van der Waals surface area (Å²) in [6, 6.07) is 19.1. The number of hydrogen-bond donors (Lipinski definition) is 2. The van der Waals surface area contributed by atoms with Crippen molar-refractivity contribution < 1.29 is 14.3 Å². The van der Waals surface area contributed by atoms with Crippen molar-refractivity contribution in [1.29, 1.82) is 0 Å². The Bertz CT molecular complexity index is 1110. The van der Waals surface area contributed by atoms with Crippen LogP contribution >= 0.6 is 35.0 Å². The fourth-order valence-electron chi connectivity index (χ4n) is 2.75. The molecule has 0 aliphatic carbocycles. The molecule has 31 heavy (non-hydrogen) atoms. The highest BCUT2D eigenvalue weighted by atomic mass is 35.5. The first-order chi connectivity index (χ1) is 14.9. The van der Waals surface area contributed by atoms with Crippen molar-refractivity contribution in [2.24, 2.45) is 0 Å². The Morgan fingerprint density at radius 1 is 0.935 bits per heavy atom. The van der Waals surface area contributed by atoms with Gasteiger partial charge in [-0.2, -0.15) is 0 Å². The van der Waals surface area contributed by atoms with Gasteiger partial charge >= 0.3 is 0 Å². The lowest BCUT2D eigenvalue weighted by Crippen LogP contribution is -2.22. The first kappa shape index (κ1) is 23.0. The van der Waals surface area contributed by atoms with Gasteiger partial charge in [0.2, 0.25) is 5.91 Å². The largest absolute Gasteiger partial charge is 0.495 e. The van der Waals surface area contributed by atoms with E-state index in [9.17, 15) is 9.59 Å². The highest BCUT2D eigenvalue weighted by molar-refractivity contribution is 8.00. The second-order valence-corrected chi connectivity index (χ2v) is 8.87. The van der Waals surface area contributed by atoms with E-state index in [4.69, 9.17) is 27.9 Å². The molecular formula is C23H20Cl2N2O3S. The first-order valence-electron chi connectivity index (χ1n) is 9.34. The molecular weight excluding hydrogens is 455 g/mol. The number of carbonyl (C=O) groups is 2. The smallest absolute Gasteiger partial charge is 0.255 e. The third kappa shape index (κ3) is 6.40. The molecule has 0 radical (unpaired) electrons. The molecule has 0 saturated carbocycles. The standard InChI is InChI=1S/C23H20Cl2N2O3S/c1-14(22(28)27-20-12-17(25)9-10-21(20)30-2)31-19-8-4-7-18(13-19)26-23(29)15-5-3-6-16(24)11-15/h3-14H,1-2H3,(H,26,29)(H,27,28). The van der Waals surface area contributed by atoms with Crippen molar-refractivity contribution in [3.8, 4) is 5.75 Å². The lowest BCUT2D eigenvalue weighted by atomic mass is 10.2.